The highest BCUT2D eigenvalue weighted by molar-refractivity contribution is 5.85. The zero-order chi connectivity index (χ0) is 22.1. The number of amides is 1. The largest absolute Gasteiger partial charge is 0.484 e. The third kappa shape index (κ3) is 6.34. The van der Waals surface area contributed by atoms with E-state index in [1.807, 2.05) is 19.9 Å². The zero-order valence-corrected chi connectivity index (χ0v) is 18.0. The number of hydrogen-bond donors (Lipinski definition) is 2. The van der Waals surface area contributed by atoms with Crippen molar-refractivity contribution in [2.45, 2.75) is 71.8 Å². The fourth-order valence-electron chi connectivity index (χ4n) is 3.41. The van der Waals surface area contributed by atoms with Crippen molar-refractivity contribution >= 4 is 22.8 Å². The first-order valence-corrected chi connectivity index (χ1v) is 10.6. The molecule has 1 aromatic heterocycles. The molecule has 2 N–H and O–H groups in total. The Morgan fingerprint density at radius 1 is 1.17 bits per heavy atom. The molecule has 30 heavy (non-hydrogen) atoms. The molecular formula is C23H31NO6. The standard InChI is InChI=1S/C23H31NO6/c1-4-6-7-8-10-18-15(3)17-12-11-16(13-20(17)30-23(18)28)29-14-21(25)24-19(9-5-2)22(26)27/h11-13,19H,4-10,14H2,1-3H3,(H,24,25)(H,26,27)/t19-/m1/s1. The first-order valence-electron chi connectivity index (χ1n) is 10.6. The minimum absolute atomic E-state index is 0.322. The number of hydrogen-bond acceptors (Lipinski definition) is 5. The Bertz CT molecular complexity index is 933. The number of carbonyl (C=O) groups is 2. The maximum absolute atomic E-state index is 12.4. The number of nitrogens with one attached hydrogen (secondary N) is 1. The molecule has 0 spiro atoms. The second kappa shape index (κ2) is 11.4. The fraction of sp³-hybridized carbons (Fsp3) is 0.522. The van der Waals surface area contributed by atoms with Gasteiger partial charge in [-0.25, -0.2) is 9.59 Å². The lowest BCUT2D eigenvalue weighted by Crippen LogP contribution is -2.42. The summed E-state index contributed by atoms with van der Waals surface area (Å²) in [6.45, 7) is 5.59. The van der Waals surface area contributed by atoms with Gasteiger partial charge < -0.3 is 19.6 Å². The summed E-state index contributed by atoms with van der Waals surface area (Å²) in [6.07, 6.45) is 6.02. The molecular weight excluding hydrogens is 386 g/mol. The van der Waals surface area contributed by atoms with Gasteiger partial charge in [0.25, 0.3) is 5.91 Å². The molecule has 7 heteroatoms. The van der Waals surface area contributed by atoms with Crippen LogP contribution < -0.4 is 15.7 Å². The molecule has 0 aliphatic heterocycles. The van der Waals surface area contributed by atoms with Crippen LogP contribution in [0.1, 0.15) is 63.5 Å². The molecule has 1 amide bonds. The lowest BCUT2D eigenvalue weighted by atomic mass is 10.0. The van der Waals surface area contributed by atoms with Crippen molar-refractivity contribution in [3.63, 3.8) is 0 Å². The minimum atomic E-state index is -1.07. The van der Waals surface area contributed by atoms with Gasteiger partial charge >= 0.3 is 11.6 Å². The lowest BCUT2D eigenvalue weighted by molar-refractivity contribution is -0.142. The molecule has 0 bridgehead atoms. The van der Waals surface area contributed by atoms with E-state index in [4.69, 9.17) is 14.3 Å². The Hall–Kier alpha value is -2.83. The summed E-state index contributed by atoms with van der Waals surface area (Å²) in [4.78, 5) is 35.5. The number of benzene rings is 1. The van der Waals surface area contributed by atoms with Crippen molar-refractivity contribution in [1.29, 1.82) is 0 Å². The summed E-state index contributed by atoms with van der Waals surface area (Å²) in [5, 5.41) is 12.4. The zero-order valence-electron chi connectivity index (χ0n) is 18.0. The SMILES string of the molecule is CCCCCCc1c(C)c2ccc(OCC(=O)N[C@H](CCC)C(=O)O)cc2oc1=O. The van der Waals surface area contributed by atoms with Crippen LogP contribution in [-0.2, 0) is 16.0 Å². The molecule has 0 aliphatic carbocycles. The van der Waals surface area contributed by atoms with Crippen molar-refractivity contribution in [2.75, 3.05) is 6.61 Å². The molecule has 1 heterocycles. The molecule has 0 radical (unpaired) electrons. The monoisotopic (exact) mass is 417 g/mol. The number of carboxylic acids is 1. The Balaban J connectivity index is 2.07. The van der Waals surface area contributed by atoms with E-state index in [0.29, 0.717) is 36.2 Å². The number of carboxylic acid groups (broad SMARTS) is 1. The van der Waals surface area contributed by atoms with E-state index in [-0.39, 0.29) is 12.2 Å². The summed E-state index contributed by atoms with van der Waals surface area (Å²) in [5.41, 5.74) is 1.69. The van der Waals surface area contributed by atoms with Crippen LogP contribution in [0.5, 0.6) is 5.75 Å². The molecule has 2 aromatic rings. The van der Waals surface area contributed by atoms with Gasteiger partial charge in [-0.2, -0.15) is 0 Å². The highest BCUT2D eigenvalue weighted by Crippen LogP contribution is 2.25. The molecule has 0 saturated carbocycles. The summed E-state index contributed by atoms with van der Waals surface area (Å²) in [6, 6.07) is 4.18. The second-order valence-electron chi connectivity index (χ2n) is 7.50. The number of unbranched alkanes of at least 4 members (excludes halogenated alkanes) is 3. The van der Waals surface area contributed by atoms with Gasteiger partial charge in [0.15, 0.2) is 6.61 Å². The molecule has 0 unspecified atom stereocenters. The van der Waals surface area contributed by atoms with Crippen LogP contribution in [-0.4, -0.2) is 29.6 Å². The van der Waals surface area contributed by atoms with Gasteiger partial charge in [0.1, 0.15) is 17.4 Å². The molecule has 0 saturated heterocycles. The van der Waals surface area contributed by atoms with E-state index >= 15 is 0 Å². The molecule has 1 aromatic carbocycles. The van der Waals surface area contributed by atoms with Crippen molar-refractivity contribution in [1.82, 2.24) is 5.32 Å². The van der Waals surface area contributed by atoms with Crippen LogP contribution in [0, 0.1) is 6.92 Å². The Morgan fingerprint density at radius 3 is 2.60 bits per heavy atom. The van der Waals surface area contributed by atoms with Crippen molar-refractivity contribution in [3.05, 3.63) is 39.7 Å². The van der Waals surface area contributed by atoms with Gasteiger partial charge in [-0.1, -0.05) is 39.5 Å². The molecule has 0 aliphatic rings. The number of aliphatic carboxylic acids is 1. The van der Waals surface area contributed by atoms with E-state index in [0.717, 1.165) is 36.6 Å². The van der Waals surface area contributed by atoms with Gasteiger partial charge in [0.2, 0.25) is 0 Å². The van der Waals surface area contributed by atoms with Crippen molar-refractivity contribution < 1.29 is 23.8 Å². The molecule has 0 fully saturated rings. The van der Waals surface area contributed by atoms with E-state index in [1.165, 1.54) is 0 Å². The van der Waals surface area contributed by atoms with Crippen molar-refractivity contribution in [2.24, 2.45) is 0 Å². The average molecular weight is 418 g/mol. The van der Waals surface area contributed by atoms with Crippen LogP contribution in [0.25, 0.3) is 11.0 Å². The van der Waals surface area contributed by atoms with Gasteiger partial charge in [-0.3, -0.25) is 4.79 Å². The predicted molar refractivity (Wildman–Crippen MR) is 115 cm³/mol. The van der Waals surface area contributed by atoms with Gasteiger partial charge in [-0.05, 0) is 43.9 Å². The Labute approximate surface area is 176 Å². The van der Waals surface area contributed by atoms with Gasteiger partial charge in [0, 0.05) is 17.0 Å². The Kier molecular flexibility index (Phi) is 8.89. The van der Waals surface area contributed by atoms with Crippen LogP contribution >= 0.6 is 0 Å². The fourth-order valence-corrected chi connectivity index (χ4v) is 3.41. The molecule has 164 valence electrons. The summed E-state index contributed by atoms with van der Waals surface area (Å²) >= 11 is 0. The molecule has 1 atom stereocenters. The quantitative estimate of drug-likeness (QED) is 0.400. The van der Waals surface area contributed by atoms with Crippen molar-refractivity contribution in [3.8, 4) is 5.75 Å². The normalized spacial score (nSPS) is 12.0. The van der Waals surface area contributed by atoms with Crippen LogP contribution in [0.2, 0.25) is 0 Å². The van der Waals surface area contributed by atoms with Gasteiger partial charge in [0.05, 0.1) is 0 Å². The highest BCUT2D eigenvalue weighted by atomic mass is 16.5. The molecule has 7 nitrogen and oxygen atoms in total. The summed E-state index contributed by atoms with van der Waals surface area (Å²) in [7, 11) is 0. The summed E-state index contributed by atoms with van der Waals surface area (Å²) in [5.74, 6) is -1.21. The van der Waals surface area contributed by atoms with E-state index < -0.39 is 17.9 Å². The van der Waals surface area contributed by atoms with E-state index in [2.05, 4.69) is 12.2 Å². The van der Waals surface area contributed by atoms with E-state index in [9.17, 15) is 14.4 Å². The number of fused-ring (bicyclic) bond motifs is 1. The second-order valence-corrected chi connectivity index (χ2v) is 7.50. The van der Waals surface area contributed by atoms with Crippen LogP contribution in [0.15, 0.2) is 27.4 Å². The van der Waals surface area contributed by atoms with Crippen LogP contribution in [0.3, 0.4) is 0 Å². The number of rotatable bonds is 12. The number of aryl methyl sites for hydroxylation is 1. The molecule has 2 rings (SSSR count). The number of ether oxygens (including phenoxy) is 1. The minimum Gasteiger partial charge on any atom is -0.484 e. The maximum Gasteiger partial charge on any atom is 0.339 e. The Morgan fingerprint density at radius 2 is 1.93 bits per heavy atom. The van der Waals surface area contributed by atoms with Crippen LogP contribution in [0.4, 0.5) is 0 Å². The average Bonchev–Trinajstić information content (AvgIpc) is 2.71. The third-order valence-corrected chi connectivity index (χ3v) is 5.12. The van der Waals surface area contributed by atoms with E-state index in [1.54, 1.807) is 12.1 Å². The van der Waals surface area contributed by atoms with Gasteiger partial charge in [-0.15, -0.1) is 0 Å². The number of carbonyl (C=O) groups excluding carboxylic acids is 1. The smallest absolute Gasteiger partial charge is 0.339 e. The first kappa shape index (κ1) is 23.4. The summed E-state index contributed by atoms with van der Waals surface area (Å²) < 4.78 is 11.0. The third-order valence-electron chi connectivity index (χ3n) is 5.12. The lowest BCUT2D eigenvalue weighted by Gasteiger charge is -2.14. The highest BCUT2D eigenvalue weighted by Gasteiger charge is 2.19. The topological polar surface area (TPSA) is 106 Å². The first-order chi connectivity index (χ1) is 14.4. The maximum atomic E-state index is 12.4. The predicted octanol–water partition coefficient (Wildman–Crippen LogP) is 3.97.